The molecule has 0 spiro atoms. The largest absolute Gasteiger partial charge is 0.456 e. The van der Waals surface area contributed by atoms with Crippen LogP contribution in [0.4, 0.5) is 23.2 Å². The van der Waals surface area contributed by atoms with Crippen molar-refractivity contribution in [3.8, 4) is 0 Å². The Labute approximate surface area is 118 Å². The van der Waals surface area contributed by atoms with Gasteiger partial charge < -0.3 is 16.2 Å². The van der Waals surface area contributed by atoms with E-state index in [1.165, 1.54) is 6.92 Å². The van der Waals surface area contributed by atoms with Crippen LogP contribution in [0.25, 0.3) is 0 Å². The molecule has 2 atom stereocenters. The van der Waals surface area contributed by atoms with Gasteiger partial charge >= 0.3 is 0 Å². The van der Waals surface area contributed by atoms with Gasteiger partial charge in [0.1, 0.15) is 0 Å². The maximum absolute atomic E-state index is 14.0. The molecule has 0 bridgehead atoms. The highest BCUT2D eigenvalue weighted by Crippen LogP contribution is 2.41. The standard InChI is InChI=1S/C13H15F4N3O/c1-12(7-3-6(18)4-8(14)10(7)15)5-9(13(2,16)17)21-11(19)20-12/h3-4,9H,5,18H2,1-2H3,(H2,19,20)/t9-,12-/m0/s1. The fourth-order valence-corrected chi connectivity index (χ4v) is 2.32. The van der Waals surface area contributed by atoms with Crippen molar-refractivity contribution in [1.82, 2.24) is 0 Å². The lowest BCUT2D eigenvalue weighted by molar-refractivity contribution is -0.103. The van der Waals surface area contributed by atoms with Gasteiger partial charge in [0, 0.05) is 24.6 Å². The number of rotatable bonds is 2. The van der Waals surface area contributed by atoms with Crippen molar-refractivity contribution >= 4 is 11.7 Å². The Hall–Kier alpha value is -1.99. The number of hydrogen-bond donors (Lipinski definition) is 2. The fourth-order valence-electron chi connectivity index (χ4n) is 2.32. The number of nitrogen functional groups attached to an aromatic ring is 1. The lowest BCUT2D eigenvalue weighted by Gasteiger charge is -2.37. The van der Waals surface area contributed by atoms with Gasteiger partial charge in [-0.3, -0.25) is 0 Å². The van der Waals surface area contributed by atoms with Crippen LogP contribution in [-0.2, 0) is 10.3 Å². The third-order valence-electron chi connectivity index (χ3n) is 3.40. The van der Waals surface area contributed by atoms with Crippen LogP contribution in [0.5, 0.6) is 0 Å². The Bertz CT molecular complexity index is 600. The number of nitrogens with two attached hydrogens (primary N) is 2. The third-order valence-corrected chi connectivity index (χ3v) is 3.40. The Kier molecular flexibility index (Phi) is 3.51. The molecule has 1 aliphatic rings. The zero-order valence-electron chi connectivity index (χ0n) is 11.5. The van der Waals surface area contributed by atoms with E-state index >= 15 is 0 Å². The fraction of sp³-hybridized carbons (Fsp3) is 0.462. The number of aliphatic imine (C=N–C) groups is 1. The van der Waals surface area contributed by atoms with E-state index < -0.39 is 35.2 Å². The molecule has 116 valence electrons. The molecule has 21 heavy (non-hydrogen) atoms. The zero-order valence-corrected chi connectivity index (χ0v) is 11.5. The maximum atomic E-state index is 14.0. The van der Waals surface area contributed by atoms with E-state index in [9.17, 15) is 17.6 Å². The summed E-state index contributed by atoms with van der Waals surface area (Å²) in [6, 6.07) is 1.46. The zero-order chi connectivity index (χ0) is 16.0. The molecule has 0 aliphatic carbocycles. The summed E-state index contributed by atoms with van der Waals surface area (Å²) in [4.78, 5) is 3.87. The van der Waals surface area contributed by atoms with E-state index in [1.807, 2.05) is 0 Å². The van der Waals surface area contributed by atoms with E-state index in [1.54, 1.807) is 0 Å². The molecular formula is C13H15F4N3O. The Balaban J connectivity index is 2.53. The molecule has 1 heterocycles. The predicted molar refractivity (Wildman–Crippen MR) is 69.9 cm³/mol. The summed E-state index contributed by atoms with van der Waals surface area (Å²) in [5, 5.41) is 0. The molecule has 0 aromatic heterocycles. The number of halogens is 4. The topological polar surface area (TPSA) is 73.6 Å². The van der Waals surface area contributed by atoms with Crippen LogP contribution >= 0.6 is 0 Å². The van der Waals surface area contributed by atoms with Crippen molar-refractivity contribution in [3.63, 3.8) is 0 Å². The molecule has 1 aliphatic heterocycles. The van der Waals surface area contributed by atoms with Crippen molar-refractivity contribution in [2.24, 2.45) is 10.7 Å². The van der Waals surface area contributed by atoms with Gasteiger partial charge in [0.2, 0.25) is 0 Å². The molecule has 4 N–H and O–H groups in total. The molecule has 2 rings (SSSR count). The van der Waals surface area contributed by atoms with Crippen molar-refractivity contribution in [1.29, 1.82) is 0 Å². The van der Waals surface area contributed by atoms with E-state index in [2.05, 4.69) is 4.99 Å². The van der Waals surface area contributed by atoms with Crippen molar-refractivity contribution in [3.05, 3.63) is 29.3 Å². The summed E-state index contributed by atoms with van der Waals surface area (Å²) >= 11 is 0. The summed E-state index contributed by atoms with van der Waals surface area (Å²) < 4.78 is 59.2. The first-order valence-corrected chi connectivity index (χ1v) is 6.18. The van der Waals surface area contributed by atoms with Gasteiger partial charge in [-0.05, 0) is 19.1 Å². The van der Waals surface area contributed by atoms with E-state index in [0.29, 0.717) is 6.92 Å². The van der Waals surface area contributed by atoms with Gasteiger partial charge in [-0.25, -0.2) is 22.6 Å². The number of anilines is 1. The number of ether oxygens (including phenoxy) is 1. The number of amidine groups is 1. The molecule has 1 aromatic rings. The molecule has 1 aromatic carbocycles. The van der Waals surface area contributed by atoms with Gasteiger partial charge in [-0.15, -0.1) is 0 Å². The molecule has 0 saturated carbocycles. The molecule has 0 fully saturated rings. The normalized spacial score (nSPS) is 26.2. The molecule has 8 heteroatoms. The van der Waals surface area contributed by atoms with Crippen LogP contribution in [0.15, 0.2) is 17.1 Å². The molecule has 0 radical (unpaired) electrons. The highest BCUT2D eigenvalue weighted by molar-refractivity contribution is 5.73. The van der Waals surface area contributed by atoms with Crippen LogP contribution in [0, 0.1) is 11.6 Å². The van der Waals surface area contributed by atoms with Crippen LogP contribution in [0.2, 0.25) is 0 Å². The summed E-state index contributed by atoms with van der Waals surface area (Å²) in [6.45, 7) is 2.03. The highest BCUT2D eigenvalue weighted by Gasteiger charge is 2.46. The number of alkyl halides is 2. The minimum absolute atomic E-state index is 0.0369. The van der Waals surface area contributed by atoms with Crippen molar-refractivity contribution in [2.45, 2.75) is 37.8 Å². The number of benzene rings is 1. The number of hydrogen-bond acceptors (Lipinski definition) is 4. The molecule has 0 saturated heterocycles. The van der Waals surface area contributed by atoms with Gasteiger partial charge in [0.15, 0.2) is 17.7 Å². The molecular weight excluding hydrogens is 290 g/mol. The van der Waals surface area contributed by atoms with E-state index in [4.69, 9.17) is 16.2 Å². The van der Waals surface area contributed by atoms with Crippen molar-refractivity contribution < 1.29 is 22.3 Å². The van der Waals surface area contributed by atoms with Gasteiger partial charge in [-0.1, -0.05) is 0 Å². The average molecular weight is 305 g/mol. The minimum atomic E-state index is -3.21. The van der Waals surface area contributed by atoms with E-state index in [0.717, 1.165) is 12.1 Å². The average Bonchev–Trinajstić information content (AvgIpc) is 2.31. The first-order valence-electron chi connectivity index (χ1n) is 6.18. The smallest absolute Gasteiger partial charge is 0.283 e. The molecule has 4 nitrogen and oxygen atoms in total. The Morgan fingerprint density at radius 1 is 1.33 bits per heavy atom. The second-order valence-electron chi connectivity index (χ2n) is 5.36. The Morgan fingerprint density at radius 3 is 2.52 bits per heavy atom. The van der Waals surface area contributed by atoms with E-state index in [-0.39, 0.29) is 17.7 Å². The first kappa shape index (κ1) is 15.4. The van der Waals surface area contributed by atoms with Crippen LogP contribution in [0.3, 0.4) is 0 Å². The van der Waals surface area contributed by atoms with Crippen LogP contribution in [0.1, 0.15) is 25.8 Å². The summed E-state index contributed by atoms with van der Waals surface area (Å²) in [5.41, 5.74) is 9.13. The lowest BCUT2D eigenvalue weighted by Crippen LogP contribution is -2.46. The monoisotopic (exact) mass is 305 g/mol. The first-order chi connectivity index (χ1) is 9.53. The van der Waals surface area contributed by atoms with Crippen molar-refractivity contribution in [2.75, 3.05) is 5.73 Å². The molecule has 0 amide bonds. The van der Waals surface area contributed by atoms with Gasteiger partial charge in [0.25, 0.3) is 11.9 Å². The minimum Gasteiger partial charge on any atom is -0.456 e. The second-order valence-corrected chi connectivity index (χ2v) is 5.36. The molecule has 0 unspecified atom stereocenters. The quantitative estimate of drug-likeness (QED) is 0.651. The van der Waals surface area contributed by atoms with Crippen LogP contribution in [-0.4, -0.2) is 18.0 Å². The SMILES string of the molecule is CC(F)(F)[C@@H]1C[C@@](C)(c2cc(N)cc(F)c2F)N=C(N)O1. The maximum Gasteiger partial charge on any atom is 0.283 e. The summed E-state index contributed by atoms with van der Waals surface area (Å²) in [6.07, 6.45) is -1.96. The third kappa shape index (κ3) is 2.88. The summed E-state index contributed by atoms with van der Waals surface area (Å²) in [5.74, 6) is -5.58. The number of nitrogens with zero attached hydrogens (tertiary/aromatic N) is 1. The van der Waals surface area contributed by atoms with Gasteiger partial charge in [-0.2, -0.15) is 0 Å². The van der Waals surface area contributed by atoms with Crippen LogP contribution < -0.4 is 11.5 Å². The Morgan fingerprint density at radius 2 is 1.95 bits per heavy atom. The highest BCUT2D eigenvalue weighted by atomic mass is 19.3. The summed E-state index contributed by atoms with van der Waals surface area (Å²) in [7, 11) is 0. The lowest BCUT2D eigenvalue weighted by atomic mass is 9.84. The van der Waals surface area contributed by atoms with Gasteiger partial charge in [0.05, 0.1) is 5.54 Å². The predicted octanol–water partition coefficient (Wildman–Crippen LogP) is 2.52. The second kappa shape index (κ2) is 4.78.